The van der Waals surface area contributed by atoms with Gasteiger partial charge in [-0.25, -0.2) is 0 Å². The number of benzene rings is 2. The molecule has 2 aromatic carbocycles. The molecule has 3 rings (SSSR count). The summed E-state index contributed by atoms with van der Waals surface area (Å²) in [5, 5.41) is 8.75. The summed E-state index contributed by atoms with van der Waals surface area (Å²) in [5.74, 6) is 2.23. The van der Waals surface area contributed by atoms with Gasteiger partial charge in [-0.3, -0.25) is 14.5 Å². The number of imide groups is 1. The standard InChI is InChI=1S/C21H20N2O3S/c22-15-16-7-9-17(10-8-16)26-12-14-27-13-4-3-11-23-20(24)18-5-1-2-6-19(18)21(23)25/h1-2,5-10H,3-4,11-14H2. The second kappa shape index (κ2) is 9.24. The molecule has 6 heteroatoms. The van der Waals surface area contributed by atoms with Crippen LogP contribution in [-0.4, -0.2) is 41.4 Å². The number of rotatable bonds is 9. The minimum absolute atomic E-state index is 0.181. The second-order valence-electron chi connectivity index (χ2n) is 6.11. The molecule has 0 aliphatic carbocycles. The van der Waals surface area contributed by atoms with Crippen LogP contribution in [0.25, 0.3) is 0 Å². The zero-order valence-electron chi connectivity index (χ0n) is 14.9. The molecule has 0 saturated heterocycles. The maximum atomic E-state index is 12.3. The minimum Gasteiger partial charge on any atom is -0.493 e. The average molecular weight is 380 g/mol. The van der Waals surface area contributed by atoms with E-state index in [1.165, 1.54) is 4.90 Å². The quantitative estimate of drug-likeness (QED) is 0.489. The van der Waals surface area contributed by atoms with Gasteiger partial charge in [0.05, 0.1) is 29.4 Å². The SMILES string of the molecule is N#Cc1ccc(OCCSCCCCN2C(=O)c3ccccc3C2=O)cc1. The Bertz CT molecular complexity index is 823. The Labute approximate surface area is 162 Å². The highest BCUT2D eigenvalue weighted by Crippen LogP contribution is 2.22. The maximum absolute atomic E-state index is 12.3. The van der Waals surface area contributed by atoms with Crippen molar-refractivity contribution in [3.63, 3.8) is 0 Å². The molecule has 2 amide bonds. The molecule has 0 spiro atoms. The van der Waals surface area contributed by atoms with Gasteiger partial charge in [0.2, 0.25) is 0 Å². The van der Waals surface area contributed by atoms with Crippen LogP contribution in [0.5, 0.6) is 5.75 Å². The van der Waals surface area contributed by atoms with Gasteiger partial charge in [0.15, 0.2) is 0 Å². The van der Waals surface area contributed by atoms with E-state index in [0.29, 0.717) is 29.8 Å². The maximum Gasteiger partial charge on any atom is 0.261 e. The summed E-state index contributed by atoms with van der Waals surface area (Å²) in [6.45, 7) is 1.07. The number of carbonyl (C=O) groups excluding carboxylic acids is 2. The topological polar surface area (TPSA) is 70.4 Å². The Morgan fingerprint density at radius 3 is 2.22 bits per heavy atom. The molecule has 0 N–H and O–H groups in total. The fraction of sp³-hybridized carbons (Fsp3) is 0.286. The van der Waals surface area contributed by atoms with Crippen molar-refractivity contribution in [3.05, 3.63) is 65.2 Å². The Kier molecular flexibility index (Phi) is 6.50. The zero-order chi connectivity index (χ0) is 19.1. The summed E-state index contributed by atoms with van der Waals surface area (Å²) >= 11 is 1.79. The molecule has 138 valence electrons. The van der Waals surface area contributed by atoms with E-state index in [0.717, 1.165) is 30.1 Å². The summed E-state index contributed by atoms with van der Waals surface area (Å²) in [6.07, 6.45) is 1.74. The Morgan fingerprint density at radius 2 is 1.59 bits per heavy atom. The largest absolute Gasteiger partial charge is 0.493 e. The molecule has 1 aliphatic rings. The summed E-state index contributed by atoms with van der Waals surface area (Å²) in [5.41, 5.74) is 1.64. The number of nitrogens with zero attached hydrogens (tertiary/aromatic N) is 2. The Morgan fingerprint density at radius 1 is 0.926 bits per heavy atom. The molecule has 0 saturated carbocycles. The van der Waals surface area contributed by atoms with Crippen molar-refractivity contribution in [2.24, 2.45) is 0 Å². The number of hydrogen-bond acceptors (Lipinski definition) is 5. The zero-order valence-corrected chi connectivity index (χ0v) is 15.7. The van der Waals surface area contributed by atoms with E-state index in [2.05, 4.69) is 6.07 Å². The van der Waals surface area contributed by atoms with Gasteiger partial charge in [-0.2, -0.15) is 17.0 Å². The normalized spacial score (nSPS) is 12.8. The van der Waals surface area contributed by atoms with E-state index in [9.17, 15) is 9.59 Å². The smallest absolute Gasteiger partial charge is 0.261 e. The molecule has 0 fully saturated rings. The summed E-state index contributed by atoms with van der Waals surface area (Å²) in [6, 6.07) is 16.1. The fourth-order valence-corrected chi connectivity index (χ4v) is 3.68. The van der Waals surface area contributed by atoms with Gasteiger partial charge in [-0.15, -0.1) is 0 Å². The summed E-state index contributed by atoms with van der Waals surface area (Å²) in [7, 11) is 0. The summed E-state index contributed by atoms with van der Waals surface area (Å²) < 4.78 is 5.63. The van der Waals surface area contributed by atoms with E-state index >= 15 is 0 Å². The first-order valence-electron chi connectivity index (χ1n) is 8.86. The van der Waals surface area contributed by atoms with Crippen LogP contribution in [0, 0.1) is 11.3 Å². The highest BCUT2D eigenvalue weighted by atomic mass is 32.2. The van der Waals surface area contributed by atoms with Gasteiger partial charge in [0, 0.05) is 12.3 Å². The third-order valence-electron chi connectivity index (χ3n) is 4.28. The lowest BCUT2D eigenvalue weighted by Crippen LogP contribution is -2.30. The molecule has 1 aliphatic heterocycles. The minimum atomic E-state index is -0.181. The van der Waals surface area contributed by atoms with E-state index in [1.807, 2.05) is 0 Å². The molecule has 0 unspecified atom stereocenters. The molecule has 0 bridgehead atoms. The second-order valence-corrected chi connectivity index (χ2v) is 7.34. The Hall–Kier alpha value is -2.78. The molecular formula is C21H20N2O3S. The fourth-order valence-electron chi connectivity index (χ4n) is 2.86. The first-order chi connectivity index (χ1) is 13.2. The number of ether oxygens (including phenoxy) is 1. The first kappa shape index (κ1) is 19.0. The van der Waals surface area contributed by atoms with Crippen LogP contribution in [0.3, 0.4) is 0 Å². The summed E-state index contributed by atoms with van der Waals surface area (Å²) in [4.78, 5) is 25.9. The van der Waals surface area contributed by atoms with Gasteiger partial charge < -0.3 is 4.74 Å². The van der Waals surface area contributed by atoms with Crippen molar-refractivity contribution in [1.29, 1.82) is 5.26 Å². The van der Waals surface area contributed by atoms with Crippen molar-refractivity contribution >= 4 is 23.6 Å². The highest BCUT2D eigenvalue weighted by molar-refractivity contribution is 7.99. The van der Waals surface area contributed by atoms with Gasteiger partial charge in [0.1, 0.15) is 5.75 Å². The third kappa shape index (κ3) is 4.69. The molecular weight excluding hydrogens is 360 g/mol. The predicted molar refractivity (Wildman–Crippen MR) is 105 cm³/mol. The molecule has 2 aromatic rings. The number of fused-ring (bicyclic) bond motifs is 1. The monoisotopic (exact) mass is 380 g/mol. The Balaban J connectivity index is 1.28. The lowest BCUT2D eigenvalue weighted by atomic mass is 10.1. The van der Waals surface area contributed by atoms with Gasteiger partial charge in [-0.05, 0) is 55.0 Å². The van der Waals surface area contributed by atoms with E-state index < -0.39 is 0 Å². The van der Waals surface area contributed by atoms with Gasteiger partial charge >= 0.3 is 0 Å². The highest BCUT2D eigenvalue weighted by Gasteiger charge is 2.34. The number of carbonyl (C=O) groups is 2. The van der Waals surface area contributed by atoms with Crippen molar-refractivity contribution in [3.8, 4) is 11.8 Å². The van der Waals surface area contributed by atoms with Crippen LogP contribution < -0.4 is 4.74 Å². The number of nitriles is 1. The van der Waals surface area contributed by atoms with Crippen LogP contribution in [0.2, 0.25) is 0 Å². The number of hydrogen-bond donors (Lipinski definition) is 0. The third-order valence-corrected chi connectivity index (χ3v) is 5.31. The molecule has 0 atom stereocenters. The lowest BCUT2D eigenvalue weighted by Gasteiger charge is -2.13. The van der Waals surface area contributed by atoms with Crippen LogP contribution in [0.4, 0.5) is 0 Å². The van der Waals surface area contributed by atoms with Crippen molar-refractivity contribution in [1.82, 2.24) is 4.90 Å². The van der Waals surface area contributed by atoms with E-state index in [-0.39, 0.29) is 11.8 Å². The van der Waals surface area contributed by atoms with E-state index in [4.69, 9.17) is 10.00 Å². The van der Waals surface area contributed by atoms with Crippen LogP contribution >= 0.6 is 11.8 Å². The van der Waals surface area contributed by atoms with Crippen molar-refractivity contribution < 1.29 is 14.3 Å². The molecule has 0 aromatic heterocycles. The lowest BCUT2D eigenvalue weighted by molar-refractivity contribution is 0.0652. The number of thioether (sulfide) groups is 1. The molecule has 5 nitrogen and oxygen atoms in total. The van der Waals surface area contributed by atoms with Gasteiger partial charge in [-0.1, -0.05) is 12.1 Å². The van der Waals surface area contributed by atoms with Crippen molar-refractivity contribution in [2.45, 2.75) is 12.8 Å². The van der Waals surface area contributed by atoms with E-state index in [1.54, 1.807) is 60.3 Å². The van der Waals surface area contributed by atoms with Crippen molar-refractivity contribution in [2.75, 3.05) is 24.7 Å². The number of unbranched alkanes of at least 4 members (excludes halogenated alkanes) is 1. The molecule has 27 heavy (non-hydrogen) atoms. The average Bonchev–Trinajstić information content (AvgIpc) is 2.95. The van der Waals surface area contributed by atoms with Crippen LogP contribution in [0.1, 0.15) is 39.1 Å². The molecule has 1 heterocycles. The predicted octanol–water partition coefficient (Wildman–Crippen LogP) is 3.75. The van der Waals surface area contributed by atoms with Crippen LogP contribution in [0.15, 0.2) is 48.5 Å². The molecule has 0 radical (unpaired) electrons. The first-order valence-corrected chi connectivity index (χ1v) is 10.0. The van der Waals surface area contributed by atoms with Gasteiger partial charge in [0.25, 0.3) is 11.8 Å². The van der Waals surface area contributed by atoms with Crippen LogP contribution in [-0.2, 0) is 0 Å². The number of amides is 2.